The Morgan fingerprint density at radius 1 is 0.432 bits per heavy atom. The lowest BCUT2D eigenvalue weighted by Gasteiger charge is -2.28. The first-order valence-corrected chi connectivity index (χ1v) is 19.7. The molecule has 0 aromatic rings. The van der Waals surface area contributed by atoms with Gasteiger partial charge in [0.05, 0.1) is 0 Å². The van der Waals surface area contributed by atoms with Crippen molar-refractivity contribution in [1.29, 1.82) is 0 Å². The Morgan fingerprint density at radius 2 is 0.705 bits per heavy atom. The van der Waals surface area contributed by atoms with Crippen LogP contribution in [0.5, 0.6) is 0 Å². The average Bonchev–Trinajstić information content (AvgIpc) is 3.02. The van der Waals surface area contributed by atoms with Crippen LogP contribution < -0.4 is 0 Å². The van der Waals surface area contributed by atoms with E-state index in [1.165, 1.54) is 141 Å². The maximum Gasteiger partial charge on any atom is 0.306 e. The van der Waals surface area contributed by atoms with Crippen molar-refractivity contribution in [3.8, 4) is 0 Å². The normalized spacial score (nSPS) is 16.9. The van der Waals surface area contributed by atoms with E-state index in [0.717, 1.165) is 51.4 Å². The second-order valence-electron chi connectivity index (χ2n) is 13.7. The Bertz CT molecular complexity index is 664. The molecule has 1 aliphatic rings. The van der Waals surface area contributed by atoms with Gasteiger partial charge < -0.3 is 9.47 Å². The Balaban J connectivity index is 1.87. The van der Waals surface area contributed by atoms with Crippen molar-refractivity contribution in [3.05, 3.63) is 12.2 Å². The fraction of sp³-hybridized carbons (Fsp3) is 0.900. The van der Waals surface area contributed by atoms with Crippen LogP contribution in [0.15, 0.2) is 12.2 Å². The summed E-state index contributed by atoms with van der Waals surface area (Å²) in [5.74, 6) is -0.0943. The molecule has 4 heteroatoms. The van der Waals surface area contributed by atoms with Crippen LogP contribution in [0.3, 0.4) is 0 Å². The maximum absolute atomic E-state index is 12.3. The number of carbonyl (C=O) groups is 2. The van der Waals surface area contributed by atoms with Gasteiger partial charge in [-0.3, -0.25) is 9.59 Å². The summed E-state index contributed by atoms with van der Waals surface area (Å²) in [6.07, 6.45) is 42.5. The molecule has 0 radical (unpaired) electrons. The number of unbranched alkanes of at least 4 members (excludes halogenated alkanes) is 23. The van der Waals surface area contributed by atoms with E-state index in [2.05, 4.69) is 26.0 Å². The first-order chi connectivity index (χ1) is 21.7. The van der Waals surface area contributed by atoms with Gasteiger partial charge in [0.25, 0.3) is 0 Å². The molecule has 1 rings (SSSR count). The lowest BCUT2D eigenvalue weighted by molar-refractivity contribution is -0.158. The molecule has 0 N–H and O–H groups in total. The van der Waals surface area contributed by atoms with Crippen molar-refractivity contribution in [2.24, 2.45) is 0 Å². The van der Waals surface area contributed by atoms with Crippen LogP contribution in [0.25, 0.3) is 0 Å². The molecule has 0 bridgehead atoms. The van der Waals surface area contributed by atoms with Gasteiger partial charge in [-0.2, -0.15) is 0 Å². The molecule has 1 saturated carbocycles. The van der Waals surface area contributed by atoms with Gasteiger partial charge in [-0.25, -0.2) is 0 Å². The van der Waals surface area contributed by atoms with Crippen LogP contribution in [0.2, 0.25) is 0 Å². The SMILES string of the molecule is CCCCCCCC/C=C\CCCCCCCC(=O)OC1CCC(OC(=O)CCCCCCCCCCCCCCC)CC1. The monoisotopic (exact) mass is 619 g/mol. The molecular formula is C40H74O4. The van der Waals surface area contributed by atoms with Crippen molar-refractivity contribution < 1.29 is 19.1 Å². The molecule has 0 heterocycles. The minimum absolute atomic E-state index is 0.00152. The maximum atomic E-state index is 12.3. The van der Waals surface area contributed by atoms with E-state index in [1.54, 1.807) is 0 Å². The van der Waals surface area contributed by atoms with Crippen LogP contribution in [0.4, 0.5) is 0 Å². The third-order valence-corrected chi connectivity index (χ3v) is 9.34. The van der Waals surface area contributed by atoms with E-state index in [9.17, 15) is 9.59 Å². The third kappa shape index (κ3) is 27.0. The van der Waals surface area contributed by atoms with Crippen molar-refractivity contribution in [3.63, 3.8) is 0 Å². The van der Waals surface area contributed by atoms with E-state index in [4.69, 9.17) is 9.47 Å². The highest BCUT2D eigenvalue weighted by atomic mass is 16.6. The van der Waals surface area contributed by atoms with Gasteiger partial charge in [-0.05, 0) is 64.2 Å². The summed E-state index contributed by atoms with van der Waals surface area (Å²) in [5.41, 5.74) is 0. The minimum atomic E-state index is -0.0505. The van der Waals surface area contributed by atoms with Gasteiger partial charge in [0.2, 0.25) is 0 Å². The van der Waals surface area contributed by atoms with E-state index < -0.39 is 0 Å². The number of hydrogen-bond acceptors (Lipinski definition) is 4. The number of hydrogen-bond donors (Lipinski definition) is 0. The Morgan fingerprint density at radius 3 is 1.02 bits per heavy atom. The van der Waals surface area contributed by atoms with Gasteiger partial charge in [-0.15, -0.1) is 0 Å². The van der Waals surface area contributed by atoms with Crippen LogP contribution in [0.1, 0.15) is 219 Å². The Hall–Kier alpha value is -1.32. The molecule has 0 unspecified atom stereocenters. The molecule has 0 amide bonds. The molecule has 0 saturated heterocycles. The molecule has 0 atom stereocenters. The van der Waals surface area contributed by atoms with Crippen molar-refractivity contribution in [2.45, 2.75) is 232 Å². The molecule has 4 nitrogen and oxygen atoms in total. The van der Waals surface area contributed by atoms with Crippen molar-refractivity contribution in [1.82, 2.24) is 0 Å². The van der Waals surface area contributed by atoms with E-state index in [-0.39, 0.29) is 24.1 Å². The summed E-state index contributed by atoms with van der Waals surface area (Å²) in [6, 6.07) is 0. The standard InChI is InChI=1S/C40H74O4/c1-3-5-7-9-11-13-15-17-18-20-22-24-26-28-30-32-40(42)44-38-35-33-37(34-36-38)43-39(41)31-29-27-25-23-21-19-16-14-12-10-8-6-4-2/h17-18,37-38H,3-16,19-36H2,1-2H3/b18-17-. The second kappa shape index (κ2) is 31.7. The lowest BCUT2D eigenvalue weighted by atomic mass is 9.95. The second-order valence-corrected chi connectivity index (χ2v) is 13.7. The highest BCUT2D eigenvalue weighted by Gasteiger charge is 2.26. The zero-order valence-corrected chi connectivity index (χ0v) is 29.6. The summed E-state index contributed by atoms with van der Waals surface area (Å²) in [4.78, 5) is 24.6. The quantitative estimate of drug-likeness (QED) is 0.0440. The summed E-state index contributed by atoms with van der Waals surface area (Å²) in [6.45, 7) is 4.54. The molecule has 258 valence electrons. The number of allylic oxidation sites excluding steroid dienone is 2. The topological polar surface area (TPSA) is 52.6 Å². The van der Waals surface area contributed by atoms with Gasteiger partial charge in [0, 0.05) is 12.8 Å². The first-order valence-electron chi connectivity index (χ1n) is 19.7. The first kappa shape index (κ1) is 40.7. The summed E-state index contributed by atoms with van der Waals surface area (Å²) in [5, 5.41) is 0. The minimum Gasteiger partial charge on any atom is -0.462 e. The van der Waals surface area contributed by atoms with Crippen molar-refractivity contribution >= 4 is 11.9 Å². The smallest absolute Gasteiger partial charge is 0.306 e. The van der Waals surface area contributed by atoms with E-state index in [0.29, 0.717) is 12.8 Å². The largest absolute Gasteiger partial charge is 0.462 e. The number of ether oxygens (including phenoxy) is 2. The number of rotatable bonds is 31. The predicted octanol–water partition coefficient (Wildman–Crippen LogP) is 12.9. The average molecular weight is 619 g/mol. The summed E-state index contributed by atoms with van der Waals surface area (Å²) >= 11 is 0. The molecule has 0 aromatic heterocycles. The molecular weight excluding hydrogens is 544 g/mol. The number of carbonyl (C=O) groups excluding carboxylic acids is 2. The Labute approximate surface area is 274 Å². The van der Waals surface area contributed by atoms with Crippen LogP contribution in [-0.2, 0) is 19.1 Å². The zero-order chi connectivity index (χ0) is 31.8. The summed E-state index contributed by atoms with van der Waals surface area (Å²) < 4.78 is 11.5. The molecule has 0 spiro atoms. The molecule has 44 heavy (non-hydrogen) atoms. The van der Waals surface area contributed by atoms with E-state index in [1.807, 2.05) is 0 Å². The van der Waals surface area contributed by atoms with Gasteiger partial charge in [-0.1, -0.05) is 154 Å². The molecule has 1 aliphatic carbocycles. The van der Waals surface area contributed by atoms with Crippen LogP contribution in [-0.4, -0.2) is 24.1 Å². The van der Waals surface area contributed by atoms with Gasteiger partial charge in [0.1, 0.15) is 12.2 Å². The van der Waals surface area contributed by atoms with Gasteiger partial charge in [0.15, 0.2) is 0 Å². The predicted molar refractivity (Wildman–Crippen MR) is 188 cm³/mol. The fourth-order valence-corrected chi connectivity index (χ4v) is 6.38. The zero-order valence-electron chi connectivity index (χ0n) is 29.6. The molecule has 0 aromatic carbocycles. The highest BCUT2D eigenvalue weighted by Crippen LogP contribution is 2.25. The summed E-state index contributed by atoms with van der Waals surface area (Å²) in [7, 11) is 0. The number of esters is 2. The fourth-order valence-electron chi connectivity index (χ4n) is 6.38. The molecule has 1 fully saturated rings. The Kier molecular flexibility index (Phi) is 29.3. The van der Waals surface area contributed by atoms with Crippen LogP contribution >= 0.6 is 0 Å². The van der Waals surface area contributed by atoms with E-state index >= 15 is 0 Å². The lowest BCUT2D eigenvalue weighted by Crippen LogP contribution is -2.29. The third-order valence-electron chi connectivity index (χ3n) is 9.34. The highest BCUT2D eigenvalue weighted by molar-refractivity contribution is 5.70. The van der Waals surface area contributed by atoms with Gasteiger partial charge >= 0.3 is 11.9 Å². The van der Waals surface area contributed by atoms with Crippen LogP contribution in [0, 0.1) is 0 Å². The molecule has 0 aliphatic heterocycles. The van der Waals surface area contributed by atoms with Crippen molar-refractivity contribution in [2.75, 3.05) is 0 Å².